The summed E-state index contributed by atoms with van der Waals surface area (Å²) in [5.74, 6) is 0.400. The Labute approximate surface area is 145 Å². The molecule has 132 valence electrons. The molecule has 3 nitrogen and oxygen atoms in total. The molecule has 0 fully saturated rings. The molecule has 0 heterocycles. The maximum absolute atomic E-state index is 9.77. The molecule has 1 rings (SSSR count). The predicted molar refractivity (Wildman–Crippen MR) is 100 cm³/mol. The van der Waals surface area contributed by atoms with Crippen molar-refractivity contribution in [3.8, 4) is 11.5 Å². The molecule has 3 heteroatoms. The number of benzene rings is 1. The minimum atomic E-state index is 0.140. The van der Waals surface area contributed by atoms with Crippen molar-refractivity contribution in [2.24, 2.45) is 0 Å². The third-order valence-corrected chi connectivity index (χ3v) is 4.05. The van der Waals surface area contributed by atoms with Crippen molar-refractivity contribution in [1.82, 2.24) is 0 Å². The van der Waals surface area contributed by atoms with Gasteiger partial charge in [0.05, 0.1) is 6.61 Å². The Hall–Kier alpha value is -2.00. The summed E-state index contributed by atoms with van der Waals surface area (Å²) in [6.45, 7) is 6.32. The maximum atomic E-state index is 9.77. The van der Waals surface area contributed by atoms with Gasteiger partial charge in [-0.05, 0) is 71.1 Å². The highest BCUT2D eigenvalue weighted by Crippen LogP contribution is 2.23. The van der Waals surface area contributed by atoms with Crippen molar-refractivity contribution >= 4 is 0 Å². The smallest absolute Gasteiger partial charge is 0.119 e. The summed E-state index contributed by atoms with van der Waals surface area (Å²) in [6, 6.07) is 4.61. The second-order valence-corrected chi connectivity index (χ2v) is 6.40. The van der Waals surface area contributed by atoms with E-state index in [9.17, 15) is 10.2 Å². The number of allylic oxidation sites excluding steroid dienone is 5. The van der Waals surface area contributed by atoms with Crippen LogP contribution in [0.5, 0.6) is 11.5 Å². The van der Waals surface area contributed by atoms with Gasteiger partial charge in [0.25, 0.3) is 0 Å². The van der Waals surface area contributed by atoms with Gasteiger partial charge in [-0.3, -0.25) is 0 Å². The highest BCUT2D eigenvalue weighted by molar-refractivity contribution is 5.39. The average molecular weight is 330 g/mol. The summed E-state index contributed by atoms with van der Waals surface area (Å²) in [5.41, 5.74) is 4.41. The molecule has 3 N–H and O–H groups in total. The molecule has 0 atom stereocenters. The van der Waals surface area contributed by atoms with E-state index >= 15 is 0 Å². The van der Waals surface area contributed by atoms with Gasteiger partial charge in [0, 0.05) is 5.56 Å². The van der Waals surface area contributed by atoms with Crippen molar-refractivity contribution in [3.05, 3.63) is 58.7 Å². The topological polar surface area (TPSA) is 60.7 Å². The molecule has 0 radical (unpaired) electrons. The van der Waals surface area contributed by atoms with E-state index < -0.39 is 0 Å². The largest absolute Gasteiger partial charge is 0.508 e. The second kappa shape index (κ2) is 10.7. The molecule has 0 unspecified atom stereocenters. The van der Waals surface area contributed by atoms with Crippen LogP contribution >= 0.6 is 0 Å². The number of phenolic OH excluding ortho intramolecular Hbond substituents is 2. The number of aromatic hydroxyl groups is 2. The Kier molecular flexibility index (Phi) is 8.95. The van der Waals surface area contributed by atoms with Crippen LogP contribution in [0, 0.1) is 0 Å². The molecule has 0 spiro atoms. The summed E-state index contributed by atoms with van der Waals surface area (Å²) in [7, 11) is 0. The lowest BCUT2D eigenvalue weighted by molar-refractivity contribution is 0.331. The molecular weight excluding hydrogens is 300 g/mol. The van der Waals surface area contributed by atoms with E-state index in [2.05, 4.69) is 32.1 Å². The molecule has 0 bridgehead atoms. The average Bonchev–Trinajstić information content (AvgIpc) is 2.55. The summed E-state index contributed by atoms with van der Waals surface area (Å²) in [6.07, 6.45) is 11.1. The molecule has 0 aliphatic carbocycles. The quantitative estimate of drug-likeness (QED) is 0.439. The van der Waals surface area contributed by atoms with Crippen LogP contribution in [0.25, 0.3) is 0 Å². The van der Waals surface area contributed by atoms with Crippen molar-refractivity contribution in [2.75, 3.05) is 6.61 Å². The number of phenols is 2. The number of rotatable bonds is 9. The lowest BCUT2D eigenvalue weighted by Gasteiger charge is -2.04. The number of hydrogen-bond donors (Lipinski definition) is 3. The van der Waals surface area contributed by atoms with E-state index in [1.807, 2.05) is 6.92 Å². The standard InChI is InChI=1S/C21H30O3/c1-16(7-5-9-18(3)15-22)6-4-8-17(2)10-11-19-14-20(23)12-13-21(19)24/h6,9-10,12-14,22-24H,4-5,7-8,11,15H2,1-3H3. The summed E-state index contributed by atoms with van der Waals surface area (Å²) in [4.78, 5) is 0. The van der Waals surface area contributed by atoms with E-state index in [1.54, 1.807) is 6.07 Å². The third kappa shape index (κ3) is 8.02. The zero-order chi connectivity index (χ0) is 17.9. The van der Waals surface area contributed by atoms with Crippen molar-refractivity contribution in [3.63, 3.8) is 0 Å². The van der Waals surface area contributed by atoms with Crippen molar-refractivity contribution in [2.45, 2.75) is 52.9 Å². The van der Waals surface area contributed by atoms with Gasteiger partial charge in [-0.15, -0.1) is 0 Å². The Morgan fingerprint density at radius 1 is 0.875 bits per heavy atom. The highest BCUT2D eigenvalue weighted by Gasteiger charge is 2.01. The van der Waals surface area contributed by atoms with Gasteiger partial charge in [-0.1, -0.05) is 34.9 Å². The Morgan fingerprint density at radius 3 is 2.08 bits per heavy atom. The van der Waals surface area contributed by atoms with Gasteiger partial charge in [-0.25, -0.2) is 0 Å². The van der Waals surface area contributed by atoms with E-state index in [0.717, 1.165) is 36.8 Å². The molecule has 0 aliphatic rings. The normalized spacial score (nSPS) is 13.4. The van der Waals surface area contributed by atoms with Crippen LogP contribution in [-0.2, 0) is 6.42 Å². The van der Waals surface area contributed by atoms with Gasteiger partial charge in [-0.2, -0.15) is 0 Å². The van der Waals surface area contributed by atoms with Gasteiger partial charge >= 0.3 is 0 Å². The monoisotopic (exact) mass is 330 g/mol. The fourth-order valence-electron chi connectivity index (χ4n) is 2.38. The first kappa shape index (κ1) is 20.0. The van der Waals surface area contributed by atoms with Gasteiger partial charge in [0.2, 0.25) is 0 Å². The minimum Gasteiger partial charge on any atom is -0.508 e. The highest BCUT2D eigenvalue weighted by atomic mass is 16.3. The molecule has 1 aromatic rings. The zero-order valence-electron chi connectivity index (χ0n) is 15.0. The van der Waals surface area contributed by atoms with Crippen LogP contribution in [-0.4, -0.2) is 21.9 Å². The Balaban J connectivity index is 2.40. The van der Waals surface area contributed by atoms with Crippen molar-refractivity contribution < 1.29 is 15.3 Å². The van der Waals surface area contributed by atoms with Gasteiger partial charge < -0.3 is 15.3 Å². The van der Waals surface area contributed by atoms with E-state index in [0.29, 0.717) is 6.42 Å². The second-order valence-electron chi connectivity index (χ2n) is 6.40. The predicted octanol–water partition coefficient (Wildman–Crippen LogP) is 5.03. The zero-order valence-corrected chi connectivity index (χ0v) is 15.0. The third-order valence-electron chi connectivity index (χ3n) is 4.05. The Morgan fingerprint density at radius 2 is 1.46 bits per heavy atom. The molecule has 24 heavy (non-hydrogen) atoms. The first-order valence-electron chi connectivity index (χ1n) is 8.51. The first-order chi connectivity index (χ1) is 11.4. The maximum Gasteiger partial charge on any atom is 0.119 e. The van der Waals surface area contributed by atoms with Crippen LogP contribution < -0.4 is 0 Å². The molecule has 0 saturated heterocycles. The number of hydrogen-bond acceptors (Lipinski definition) is 3. The molecular formula is C21H30O3. The molecule has 1 aromatic carbocycles. The number of aliphatic hydroxyl groups is 1. The fourth-order valence-corrected chi connectivity index (χ4v) is 2.38. The lowest BCUT2D eigenvalue weighted by Crippen LogP contribution is -1.86. The number of aliphatic hydroxyl groups excluding tert-OH is 1. The van der Waals surface area contributed by atoms with Gasteiger partial charge in [0.15, 0.2) is 0 Å². The van der Waals surface area contributed by atoms with E-state index in [-0.39, 0.29) is 18.1 Å². The van der Waals surface area contributed by atoms with E-state index in [1.165, 1.54) is 23.3 Å². The van der Waals surface area contributed by atoms with Gasteiger partial charge in [0.1, 0.15) is 11.5 Å². The van der Waals surface area contributed by atoms with Crippen LogP contribution in [0.3, 0.4) is 0 Å². The van der Waals surface area contributed by atoms with Crippen LogP contribution in [0.15, 0.2) is 53.1 Å². The minimum absolute atomic E-state index is 0.140. The van der Waals surface area contributed by atoms with Crippen LogP contribution in [0.4, 0.5) is 0 Å². The first-order valence-corrected chi connectivity index (χ1v) is 8.51. The molecule has 0 aliphatic heterocycles. The summed E-state index contributed by atoms with van der Waals surface area (Å²) in [5, 5.41) is 28.2. The molecule has 0 saturated carbocycles. The fraction of sp³-hybridized carbons (Fsp3) is 0.429. The van der Waals surface area contributed by atoms with Crippen LogP contribution in [0.1, 0.15) is 52.0 Å². The molecule has 0 aromatic heterocycles. The lowest BCUT2D eigenvalue weighted by atomic mass is 10.0. The Bertz CT molecular complexity index is 610. The van der Waals surface area contributed by atoms with Crippen LogP contribution in [0.2, 0.25) is 0 Å². The SMILES string of the molecule is CC(=CCCC(C)=CCCC(C)=CCc1cc(O)ccc1O)CO. The van der Waals surface area contributed by atoms with E-state index in [4.69, 9.17) is 5.11 Å². The molecule has 0 amide bonds. The summed E-state index contributed by atoms with van der Waals surface area (Å²) < 4.78 is 0. The van der Waals surface area contributed by atoms with Crippen molar-refractivity contribution in [1.29, 1.82) is 0 Å². The summed E-state index contributed by atoms with van der Waals surface area (Å²) >= 11 is 0.